The predicted molar refractivity (Wildman–Crippen MR) is 197 cm³/mol. The molecule has 2 atom stereocenters. The Balaban J connectivity index is 1.38. The fourth-order valence-corrected chi connectivity index (χ4v) is 14.0. The molecule has 2 heterocycles. The number of rotatable bonds is 10. The Hall–Kier alpha value is -3.73. The fourth-order valence-electron chi connectivity index (χ4n) is 7.40. The van der Waals surface area contributed by atoms with Crippen molar-refractivity contribution in [2.24, 2.45) is 0 Å². The highest BCUT2D eigenvalue weighted by atomic mass is 32.2. The van der Waals surface area contributed by atoms with Crippen molar-refractivity contribution in [2.75, 3.05) is 12.4 Å². The number of phenolic OH excluding ortho intramolecular Hbond substituents is 1. The van der Waals surface area contributed by atoms with Gasteiger partial charge in [0.05, 0.1) is 23.7 Å². The van der Waals surface area contributed by atoms with E-state index in [1.807, 2.05) is 84.9 Å². The van der Waals surface area contributed by atoms with Crippen LogP contribution in [0.15, 0.2) is 126 Å². The summed E-state index contributed by atoms with van der Waals surface area (Å²) in [5.74, 6) is 0.0690. The lowest BCUT2D eigenvalue weighted by atomic mass is 9.74. The molecule has 6 nitrogen and oxygen atoms in total. The molecule has 2 N–H and O–H groups in total. The first-order valence-electron chi connectivity index (χ1n) is 16.6. The van der Waals surface area contributed by atoms with Gasteiger partial charge in [-0.25, -0.2) is 8.42 Å². The molecule has 0 saturated carbocycles. The van der Waals surface area contributed by atoms with Crippen molar-refractivity contribution in [2.45, 2.75) is 56.3 Å². The van der Waals surface area contributed by atoms with Crippen LogP contribution in [0.5, 0.6) is 5.75 Å². The zero-order valence-electron chi connectivity index (χ0n) is 27.8. The third-order valence-corrected chi connectivity index (χ3v) is 16.7. The minimum Gasteiger partial charge on any atom is -0.507 e. The van der Waals surface area contributed by atoms with Crippen molar-refractivity contribution in [1.82, 2.24) is 0 Å². The lowest BCUT2D eigenvalue weighted by Crippen LogP contribution is -2.66. The second-order valence-electron chi connectivity index (χ2n) is 13.8. The van der Waals surface area contributed by atoms with Crippen molar-refractivity contribution >= 4 is 47.3 Å². The van der Waals surface area contributed by atoms with E-state index in [9.17, 15) is 18.5 Å². The molecule has 0 radical (unpaired) electrons. The molecule has 6 rings (SSSR count). The van der Waals surface area contributed by atoms with Crippen molar-refractivity contribution in [3.8, 4) is 5.75 Å². The van der Waals surface area contributed by atoms with Crippen LogP contribution >= 0.6 is 0 Å². The van der Waals surface area contributed by atoms with Crippen LogP contribution < -0.4 is 10.4 Å². The SMILES string of the molecule is CC(C)(C)[Si](OCC1=C2[C@@H](CC/C(=C/c3ccccc3O)c3ccccc3)OB(O)C[C@@H]2S(=O)(=O)C1)(c1ccccc1)c1ccccc1. The highest BCUT2D eigenvalue weighted by molar-refractivity contribution is 7.92. The Kier molecular flexibility index (Phi) is 9.97. The van der Waals surface area contributed by atoms with Crippen molar-refractivity contribution < 1.29 is 27.6 Å². The van der Waals surface area contributed by atoms with E-state index >= 15 is 0 Å². The summed E-state index contributed by atoms with van der Waals surface area (Å²) in [4.78, 5) is 0. The Labute approximate surface area is 286 Å². The summed E-state index contributed by atoms with van der Waals surface area (Å²) in [7, 11) is -7.68. The lowest BCUT2D eigenvalue weighted by Gasteiger charge is -2.43. The van der Waals surface area contributed by atoms with Crippen LogP contribution in [-0.4, -0.2) is 57.7 Å². The summed E-state index contributed by atoms with van der Waals surface area (Å²) >= 11 is 0. The highest BCUT2D eigenvalue weighted by Gasteiger charge is 2.52. The minimum absolute atomic E-state index is 0.0101. The van der Waals surface area contributed by atoms with E-state index in [4.69, 9.17) is 9.08 Å². The molecule has 9 heteroatoms. The molecule has 0 amide bonds. The normalized spacial score (nSPS) is 19.8. The number of fused-ring (bicyclic) bond motifs is 1. The van der Waals surface area contributed by atoms with E-state index in [0.717, 1.165) is 32.7 Å². The zero-order chi connectivity index (χ0) is 33.9. The monoisotopic (exact) mass is 678 g/mol. The van der Waals surface area contributed by atoms with E-state index in [0.29, 0.717) is 18.4 Å². The van der Waals surface area contributed by atoms with Gasteiger partial charge in [0.25, 0.3) is 8.32 Å². The first-order valence-corrected chi connectivity index (χ1v) is 20.2. The first kappa shape index (κ1) is 34.1. The van der Waals surface area contributed by atoms with Gasteiger partial charge in [0.1, 0.15) is 5.75 Å². The zero-order valence-corrected chi connectivity index (χ0v) is 29.6. The standard InChI is InChI=1S/C39H43BO6SSi/c1-39(2,3)48(33-18-9-5-10-19-33,34-20-11-6-12-21-34)45-27-32-28-47(43,44)37-26-40(42)46-36(38(32)37)24-23-30(29-15-7-4-8-16-29)25-31-17-13-14-22-35(31)41/h4-22,25,36-37,41-42H,23-24,26-28H2,1-3H3/b30-25-/t36-,37+/m1/s1. The Morgan fingerprint density at radius 2 is 1.46 bits per heavy atom. The van der Waals surface area contributed by atoms with Gasteiger partial charge in [-0.15, -0.1) is 0 Å². The Morgan fingerprint density at radius 3 is 2.04 bits per heavy atom. The maximum Gasteiger partial charge on any atom is 0.456 e. The molecule has 4 aromatic rings. The molecule has 1 fully saturated rings. The van der Waals surface area contributed by atoms with Crippen LogP contribution in [0, 0.1) is 0 Å². The highest BCUT2D eigenvalue weighted by Crippen LogP contribution is 2.42. The van der Waals surface area contributed by atoms with Gasteiger partial charge in [0.2, 0.25) is 0 Å². The van der Waals surface area contributed by atoms with Gasteiger partial charge in [-0.1, -0.05) is 130 Å². The number of aromatic hydroxyl groups is 1. The van der Waals surface area contributed by atoms with E-state index in [-0.39, 0.29) is 29.5 Å². The van der Waals surface area contributed by atoms with Gasteiger partial charge in [0.15, 0.2) is 9.84 Å². The van der Waals surface area contributed by atoms with Gasteiger partial charge in [-0.2, -0.15) is 0 Å². The number of hydrogen-bond acceptors (Lipinski definition) is 6. The molecule has 2 aliphatic rings. The van der Waals surface area contributed by atoms with Gasteiger partial charge in [0, 0.05) is 11.9 Å². The summed E-state index contributed by atoms with van der Waals surface area (Å²) in [5.41, 5.74) is 4.13. The molecular formula is C39H43BO6SSi. The molecule has 1 saturated heterocycles. The maximum absolute atomic E-state index is 13.7. The van der Waals surface area contributed by atoms with Gasteiger partial charge in [-0.3, -0.25) is 0 Å². The molecule has 0 bridgehead atoms. The van der Waals surface area contributed by atoms with Crippen molar-refractivity contribution in [3.63, 3.8) is 0 Å². The van der Waals surface area contributed by atoms with Gasteiger partial charge < -0.3 is 19.2 Å². The molecule has 48 heavy (non-hydrogen) atoms. The van der Waals surface area contributed by atoms with E-state index in [1.54, 1.807) is 12.1 Å². The van der Waals surface area contributed by atoms with E-state index < -0.39 is 36.6 Å². The molecule has 2 aliphatic heterocycles. The van der Waals surface area contributed by atoms with E-state index in [2.05, 4.69) is 45.0 Å². The summed E-state index contributed by atoms with van der Waals surface area (Å²) in [6.45, 7) is 6.77. The molecular weight excluding hydrogens is 635 g/mol. The second-order valence-corrected chi connectivity index (χ2v) is 20.2. The third-order valence-electron chi connectivity index (χ3n) is 9.61. The Bertz CT molecular complexity index is 1850. The minimum atomic E-state index is -3.57. The third kappa shape index (κ3) is 6.88. The van der Waals surface area contributed by atoms with Crippen LogP contribution in [0.3, 0.4) is 0 Å². The van der Waals surface area contributed by atoms with Crippen LogP contribution in [-0.2, 0) is 18.9 Å². The number of sulfone groups is 1. The summed E-state index contributed by atoms with van der Waals surface area (Å²) in [6, 6.07) is 37.8. The fraction of sp³-hybridized carbons (Fsp3) is 0.282. The van der Waals surface area contributed by atoms with Gasteiger partial charge >= 0.3 is 7.12 Å². The average molecular weight is 679 g/mol. The van der Waals surface area contributed by atoms with Gasteiger partial charge in [-0.05, 0) is 62.7 Å². The van der Waals surface area contributed by atoms with Crippen LogP contribution in [0.1, 0.15) is 44.7 Å². The number of phenols is 1. The average Bonchev–Trinajstić information content (AvgIpc) is 3.33. The number of benzene rings is 4. The Morgan fingerprint density at radius 1 is 0.896 bits per heavy atom. The largest absolute Gasteiger partial charge is 0.507 e. The second kappa shape index (κ2) is 14.0. The topological polar surface area (TPSA) is 93.1 Å². The lowest BCUT2D eigenvalue weighted by molar-refractivity contribution is 0.170. The number of hydrogen-bond donors (Lipinski definition) is 2. The molecule has 0 unspecified atom stereocenters. The van der Waals surface area contributed by atoms with E-state index in [1.165, 1.54) is 0 Å². The molecule has 0 aliphatic carbocycles. The maximum atomic E-state index is 13.7. The molecule has 0 aromatic heterocycles. The van der Waals surface area contributed by atoms with Crippen LogP contribution in [0.4, 0.5) is 0 Å². The molecule has 0 spiro atoms. The van der Waals surface area contributed by atoms with Crippen molar-refractivity contribution in [1.29, 1.82) is 0 Å². The summed E-state index contributed by atoms with van der Waals surface area (Å²) < 4.78 is 40.8. The van der Waals surface area contributed by atoms with Crippen molar-refractivity contribution in [3.05, 3.63) is 138 Å². The van der Waals surface area contributed by atoms with Crippen LogP contribution in [0.2, 0.25) is 11.4 Å². The molecule has 4 aromatic carbocycles. The summed E-state index contributed by atoms with van der Waals surface area (Å²) in [5, 5.41) is 22.5. The first-order chi connectivity index (χ1) is 23.0. The smallest absolute Gasteiger partial charge is 0.456 e. The van der Waals surface area contributed by atoms with Crippen LogP contribution in [0.25, 0.3) is 11.6 Å². The molecule has 248 valence electrons. The summed E-state index contributed by atoms with van der Waals surface area (Å²) in [6.07, 6.45) is 2.36. The predicted octanol–water partition coefficient (Wildman–Crippen LogP) is 6.26. The quantitative estimate of drug-likeness (QED) is 0.117. The number of allylic oxidation sites excluding steroid dienone is 1. The number of para-hydroxylation sites is 1.